The molecule has 20 atom stereocenters. The molecule has 6 aromatic rings. The smallest absolute Gasteiger partial charge is 0.0650 e. The van der Waals surface area contributed by atoms with E-state index in [-0.39, 0.29) is 23.7 Å². The van der Waals surface area contributed by atoms with Gasteiger partial charge >= 0.3 is 0 Å². The van der Waals surface area contributed by atoms with Crippen molar-refractivity contribution in [2.24, 2.45) is 91.7 Å². The van der Waals surface area contributed by atoms with Crippen LogP contribution in [0.1, 0.15) is 212 Å². The molecule has 87 heavy (non-hydrogen) atoms. The van der Waals surface area contributed by atoms with E-state index in [1.54, 1.807) is 22.3 Å². The maximum absolute atomic E-state index is 10.3. The number of aromatic amines is 3. The molecule has 12 aliphatic rings. The third-order valence-corrected chi connectivity index (χ3v) is 29.3. The van der Waals surface area contributed by atoms with Crippen molar-refractivity contribution >= 4 is 43.9 Å². The van der Waals surface area contributed by atoms with Crippen molar-refractivity contribution < 1.29 is 15.3 Å². The van der Waals surface area contributed by atoms with Crippen LogP contribution in [-0.2, 0) is 0 Å². The molecule has 0 unspecified atom stereocenters. The Morgan fingerprint density at radius 3 is 1.46 bits per heavy atom. The van der Waals surface area contributed by atoms with E-state index >= 15 is 0 Å². The molecule has 0 amide bonds. The minimum Gasteiger partial charge on any atom is -0.393 e. The zero-order valence-electron chi connectivity index (χ0n) is 53.3. The number of aliphatic hydroxyl groups excluding tert-OH is 3. The van der Waals surface area contributed by atoms with Crippen LogP contribution in [0.3, 0.4) is 0 Å². The molecule has 9 heteroatoms. The molecule has 0 bridgehead atoms. The van der Waals surface area contributed by atoms with E-state index in [1.807, 2.05) is 18.6 Å². The first kappa shape index (κ1) is 57.1. The van der Waals surface area contributed by atoms with E-state index in [0.717, 1.165) is 114 Å². The summed E-state index contributed by atoms with van der Waals surface area (Å²) in [5.74, 6) is 8.75. The summed E-state index contributed by atoms with van der Waals surface area (Å²) >= 11 is 0. The van der Waals surface area contributed by atoms with Crippen molar-refractivity contribution in [3.05, 3.63) is 125 Å². The van der Waals surface area contributed by atoms with Gasteiger partial charge in [0.1, 0.15) is 0 Å². The first-order valence-corrected chi connectivity index (χ1v) is 35.1. The Morgan fingerprint density at radius 1 is 0.402 bits per heavy atom. The van der Waals surface area contributed by atoms with Crippen LogP contribution >= 0.6 is 0 Å². The van der Waals surface area contributed by atoms with Gasteiger partial charge in [0.15, 0.2) is 0 Å². The van der Waals surface area contributed by atoms with Crippen LogP contribution in [0.25, 0.3) is 43.9 Å². The van der Waals surface area contributed by atoms with Crippen LogP contribution in [0.15, 0.2) is 109 Å². The quantitative estimate of drug-likeness (QED) is 0.0973. The monoisotopic (exact) mass is 1170 g/mol. The number of benzene rings is 3. The largest absolute Gasteiger partial charge is 0.393 e. The highest BCUT2D eigenvalue weighted by atomic mass is 16.3. The molecule has 0 radical (unpaired) electrons. The zero-order valence-corrected chi connectivity index (χ0v) is 53.3. The standard InChI is InChI=1S/2C26H34N2O.C26H32N2O/c3*1-25-11-9-19(29)14-18(25)4-5-20-22-7-6-21(26(22,2)12-10-23(20)25)16-3-8-24-17(13-16)15-27-28-24/h3,6,8,13,15,18-20,22-23,29H,4-5,7,9-12,14H2,1-2H3,(H,27,28);3-4,8,13,15,19-23,29H,5-7,9-12,14H2,1-2H3,(H,27,28);3-4,6,8,13,15,19-20,22-23,29H,5,7,9-12,14H2,1-2H3,(H,27,28)/t18-,19+,20-,22-,23-,25-,26+;19-,20+,21-,22+,23+,25+,26-;19-,20+,22+,23+,25+,26-/m011/s1. The van der Waals surface area contributed by atoms with Gasteiger partial charge < -0.3 is 15.3 Å². The summed E-state index contributed by atoms with van der Waals surface area (Å²) < 4.78 is 0. The fourth-order valence-electron chi connectivity index (χ4n) is 24.5. The number of hydrogen-bond donors (Lipinski definition) is 6. The molecule has 6 N–H and O–H groups in total. The Hall–Kier alpha value is -5.09. The fourth-order valence-corrected chi connectivity index (χ4v) is 24.5. The number of hydrogen-bond acceptors (Lipinski definition) is 6. The molecule has 3 heterocycles. The lowest BCUT2D eigenvalue weighted by molar-refractivity contribution is -0.115. The first-order valence-electron chi connectivity index (χ1n) is 35.1. The van der Waals surface area contributed by atoms with Crippen LogP contribution < -0.4 is 0 Å². The molecule has 18 rings (SSSR count). The van der Waals surface area contributed by atoms with E-state index in [2.05, 4.69) is 151 Å². The van der Waals surface area contributed by atoms with E-state index in [9.17, 15) is 15.3 Å². The van der Waals surface area contributed by atoms with E-state index < -0.39 is 0 Å². The molecular weight excluding hydrogens is 1070 g/mol. The van der Waals surface area contributed by atoms with Gasteiger partial charge in [-0.3, -0.25) is 15.3 Å². The second-order valence-electron chi connectivity index (χ2n) is 32.8. The van der Waals surface area contributed by atoms with E-state index in [1.165, 1.54) is 142 Å². The summed E-state index contributed by atoms with van der Waals surface area (Å²) in [6.45, 7) is 15.3. The Kier molecular flexibility index (Phi) is 13.8. The maximum atomic E-state index is 10.3. The Labute approximate surface area is 517 Å². The van der Waals surface area contributed by atoms with Crippen LogP contribution in [0.4, 0.5) is 0 Å². The van der Waals surface area contributed by atoms with E-state index in [4.69, 9.17) is 0 Å². The normalized spacial score (nSPS) is 43.2. The summed E-state index contributed by atoms with van der Waals surface area (Å²) in [5.41, 5.74) is 16.2. The summed E-state index contributed by atoms with van der Waals surface area (Å²) in [5, 5.41) is 56.3. The second-order valence-corrected chi connectivity index (χ2v) is 32.8. The Balaban J connectivity index is 0.000000106. The fraction of sp³-hybridized carbons (Fsp3) is 0.628. The van der Waals surface area contributed by atoms with Crippen molar-refractivity contribution in [1.29, 1.82) is 0 Å². The molecule has 8 saturated carbocycles. The lowest BCUT2D eigenvalue weighted by Gasteiger charge is -2.60. The van der Waals surface area contributed by atoms with Gasteiger partial charge in [0.25, 0.3) is 0 Å². The molecule has 0 spiro atoms. The molecule has 8 fully saturated rings. The van der Waals surface area contributed by atoms with Crippen molar-refractivity contribution in [3.8, 4) is 0 Å². The zero-order chi connectivity index (χ0) is 59.4. The van der Waals surface area contributed by atoms with Gasteiger partial charge in [-0.25, -0.2) is 0 Å². The van der Waals surface area contributed by atoms with Crippen LogP contribution in [0.5, 0.6) is 0 Å². The van der Waals surface area contributed by atoms with Gasteiger partial charge in [0.2, 0.25) is 0 Å². The number of nitrogens with zero attached hydrogens (tertiary/aromatic N) is 3. The number of allylic oxidation sites excluding steroid dienone is 6. The minimum absolute atomic E-state index is 0.0453. The van der Waals surface area contributed by atoms with Crippen molar-refractivity contribution in [2.45, 2.75) is 213 Å². The van der Waals surface area contributed by atoms with Gasteiger partial charge in [0, 0.05) is 16.2 Å². The summed E-state index contributed by atoms with van der Waals surface area (Å²) in [7, 11) is 0. The number of fused-ring (bicyclic) bond motifs is 18. The van der Waals surface area contributed by atoms with Crippen LogP contribution in [-0.4, -0.2) is 64.2 Å². The second kappa shape index (κ2) is 21.0. The number of aliphatic hydroxyl groups is 3. The highest BCUT2D eigenvalue weighted by Gasteiger charge is 2.62. The molecule has 3 aromatic carbocycles. The Morgan fingerprint density at radius 2 is 0.874 bits per heavy atom. The lowest BCUT2D eigenvalue weighted by atomic mass is 9.44. The lowest BCUT2D eigenvalue weighted by Crippen LogP contribution is -2.53. The average molecular weight is 1170 g/mol. The van der Waals surface area contributed by atoms with E-state index in [0.29, 0.717) is 33.0 Å². The molecule has 12 aliphatic carbocycles. The predicted octanol–water partition coefficient (Wildman–Crippen LogP) is 17.8. The summed E-state index contributed by atoms with van der Waals surface area (Å²) in [4.78, 5) is 0. The number of rotatable bonds is 3. The highest BCUT2D eigenvalue weighted by Crippen LogP contribution is 2.71. The van der Waals surface area contributed by atoms with Crippen LogP contribution in [0.2, 0.25) is 0 Å². The Bertz CT molecular complexity index is 3700. The van der Waals surface area contributed by atoms with Gasteiger partial charge in [-0.2, -0.15) is 15.3 Å². The van der Waals surface area contributed by atoms with Gasteiger partial charge in [-0.05, 0) is 310 Å². The third kappa shape index (κ3) is 8.90. The van der Waals surface area contributed by atoms with Crippen molar-refractivity contribution in [3.63, 3.8) is 0 Å². The molecule has 0 aliphatic heterocycles. The van der Waals surface area contributed by atoms with Crippen LogP contribution in [0, 0.1) is 91.7 Å². The molecule has 9 nitrogen and oxygen atoms in total. The average Bonchev–Trinajstić information content (AvgIpc) is 1.37. The third-order valence-electron chi connectivity index (χ3n) is 29.3. The van der Waals surface area contributed by atoms with Crippen molar-refractivity contribution in [1.82, 2.24) is 30.6 Å². The first-order chi connectivity index (χ1) is 42.0. The number of nitrogens with one attached hydrogen (secondary N) is 3. The molecule has 0 saturated heterocycles. The predicted molar refractivity (Wildman–Crippen MR) is 351 cm³/mol. The van der Waals surface area contributed by atoms with Crippen molar-refractivity contribution in [2.75, 3.05) is 0 Å². The SMILES string of the molecule is C[C@]12CC[C@@H](O)CC1=CC[C@@H]1[C@@H]2CC[C@]2(C)C(c3ccc4[nH]ncc4c3)=CC[C@@H]12.C[C@]12CC[C@@H](O)C[C@@H]1CC[C@@H]1[C@@H]2CC[C@]2(C)C(c3ccc4[nH]ncc4c3)=CC[C@@H]12.C[C@]12CC[C@H]3[C@@H](CC=C4C[C@H](O)CC[C@@]43C)[C@@H]1CC[C@@H]2c1ccc2[nH]ncc2c1. The minimum atomic E-state index is -0.114. The van der Waals surface area contributed by atoms with Gasteiger partial charge in [-0.1, -0.05) is 95.2 Å². The summed E-state index contributed by atoms with van der Waals surface area (Å²) in [6.07, 6.45) is 43.7. The van der Waals surface area contributed by atoms with Gasteiger partial charge in [0.05, 0.1) is 53.5 Å². The summed E-state index contributed by atoms with van der Waals surface area (Å²) in [6, 6.07) is 20.6. The van der Waals surface area contributed by atoms with Gasteiger partial charge in [-0.15, -0.1) is 0 Å². The number of aromatic nitrogens is 6. The highest BCUT2D eigenvalue weighted by molar-refractivity contribution is 5.86. The molecule has 460 valence electrons. The molecule has 3 aromatic heterocycles. The topological polar surface area (TPSA) is 147 Å². The number of H-pyrrole nitrogens is 3. The maximum Gasteiger partial charge on any atom is 0.0650 e. The molecular formula is C78H100N6O3.